The molecule has 0 bridgehead atoms. The lowest BCUT2D eigenvalue weighted by Gasteiger charge is -2.21. The fourth-order valence-corrected chi connectivity index (χ4v) is 3.27. The number of carbonyl (C=O) groups excluding carboxylic acids is 5. The maximum Gasteiger partial charge on any atom is 0.347 e. The van der Waals surface area contributed by atoms with Gasteiger partial charge in [-0.15, -0.1) is 0 Å². The van der Waals surface area contributed by atoms with Gasteiger partial charge in [0.05, 0.1) is 18.9 Å². The monoisotopic (exact) mass is 635 g/mol. The Bertz CT molecular complexity index is 1060. The summed E-state index contributed by atoms with van der Waals surface area (Å²) in [7, 11) is 0. The van der Waals surface area contributed by atoms with Crippen LogP contribution in [0.15, 0.2) is 0 Å². The van der Waals surface area contributed by atoms with E-state index in [0.29, 0.717) is 0 Å². The molecule has 4 unspecified atom stereocenters. The molecule has 0 aliphatic carbocycles. The lowest BCUT2D eigenvalue weighted by Crippen LogP contribution is -2.49. The molecular formula is C25H37N3O16. The van der Waals surface area contributed by atoms with E-state index in [9.17, 15) is 53.4 Å². The van der Waals surface area contributed by atoms with Gasteiger partial charge in [0, 0.05) is 45.3 Å². The van der Waals surface area contributed by atoms with Crippen LogP contribution >= 0.6 is 0 Å². The number of amides is 3. The number of nitrogens with one attached hydrogen (secondary N) is 3. The normalized spacial score (nSPS) is 13.2. The average Bonchev–Trinajstić information content (AvgIpc) is 2.93. The second-order valence-electron chi connectivity index (χ2n) is 9.30. The molecule has 19 heteroatoms. The zero-order valence-electron chi connectivity index (χ0n) is 23.8. The topological polar surface area (TPSA) is 309 Å². The molecule has 0 saturated carbocycles. The zero-order valence-corrected chi connectivity index (χ0v) is 23.8. The molecule has 248 valence electrons. The van der Waals surface area contributed by atoms with Gasteiger partial charge in [-0.1, -0.05) is 0 Å². The average molecular weight is 636 g/mol. The van der Waals surface area contributed by atoms with Gasteiger partial charge in [-0.05, 0) is 19.8 Å². The van der Waals surface area contributed by atoms with E-state index in [1.807, 2.05) is 5.32 Å². The summed E-state index contributed by atoms with van der Waals surface area (Å²) in [6.45, 7) is 0.298. The van der Waals surface area contributed by atoms with E-state index in [2.05, 4.69) is 10.6 Å². The van der Waals surface area contributed by atoms with Crippen molar-refractivity contribution in [2.24, 2.45) is 5.92 Å². The highest BCUT2D eigenvalue weighted by Gasteiger charge is 2.30. The van der Waals surface area contributed by atoms with Crippen molar-refractivity contribution in [3.8, 4) is 0 Å². The van der Waals surface area contributed by atoms with E-state index >= 15 is 0 Å². The Morgan fingerprint density at radius 3 is 1.77 bits per heavy atom. The van der Waals surface area contributed by atoms with E-state index in [0.717, 1.165) is 0 Å². The maximum atomic E-state index is 12.9. The predicted molar refractivity (Wildman–Crippen MR) is 141 cm³/mol. The summed E-state index contributed by atoms with van der Waals surface area (Å²) in [4.78, 5) is 106. The van der Waals surface area contributed by atoms with Crippen molar-refractivity contribution in [3.05, 3.63) is 0 Å². The van der Waals surface area contributed by atoms with Crippen LogP contribution in [-0.2, 0) is 52.6 Å². The minimum Gasteiger partial charge on any atom is -0.481 e. The summed E-state index contributed by atoms with van der Waals surface area (Å²) >= 11 is 0. The lowest BCUT2D eigenvalue weighted by molar-refractivity contribution is -0.167. The summed E-state index contributed by atoms with van der Waals surface area (Å²) in [5.41, 5.74) is 0. The molecule has 0 rings (SSSR count). The largest absolute Gasteiger partial charge is 0.481 e. The van der Waals surface area contributed by atoms with Crippen LogP contribution in [0.25, 0.3) is 0 Å². The lowest BCUT2D eigenvalue weighted by atomic mass is 10.0. The number of ether oxygens (including phenoxy) is 2. The molecule has 0 aliphatic rings. The van der Waals surface area contributed by atoms with Gasteiger partial charge in [-0.25, -0.2) is 14.4 Å². The molecule has 0 saturated heterocycles. The fourth-order valence-electron chi connectivity index (χ4n) is 3.27. The molecular weight excluding hydrogens is 598 g/mol. The van der Waals surface area contributed by atoms with Crippen LogP contribution in [-0.4, -0.2) is 117 Å². The second kappa shape index (κ2) is 21.0. The molecule has 0 aromatic heterocycles. The summed E-state index contributed by atoms with van der Waals surface area (Å²) < 4.78 is 9.62. The van der Waals surface area contributed by atoms with Crippen LogP contribution in [0.5, 0.6) is 0 Å². The molecule has 0 spiro atoms. The zero-order chi connectivity index (χ0) is 33.8. The Kier molecular flexibility index (Phi) is 18.7. The first-order valence-electron chi connectivity index (χ1n) is 13.3. The fraction of sp³-hybridized carbons (Fsp3) is 0.640. The van der Waals surface area contributed by atoms with Crippen LogP contribution in [0.3, 0.4) is 0 Å². The van der Waals surface area contributed by atoms with Gasteiger partial charge in [-0.2, -0.15) is 0 Å². The van der Waals surface area contributed by atoms with Crippen molar-refractivity contribution in [3.63, 3.8) is 0 Å². The smallest absolute Gasteiger partial charge is 0.347 e. The maximum absolute atomic E-state index is 12.9. The van der Waals surface area contributed by atoms with E-state index in [1.165, 1.54) is 6.92 Å². The summed E-state index contributed by atoms with van der Waals surface area (Å²) in [5.74, 6) is -12.2. The molecule has 8 N–H and O–H groups in total. The van der Waals surface area contributed by atoms with Crippen LogP contribution in [0.1, 0.15) is 58.3 Å². The van der Waals surface area contributed by atoms with Gasteiger partial charge in [0.15, 0.2) is 6.10 Å². The first-order chi connectivity index (χ1) is 20.6. The molecule has 0 heterocycles. The minimum absolute atomic E-state index is 0.0987. The van der Waals surface area contributed by atoms with E-state index in [4.69, 9.17) is 24.8 Å². The summed E-state index contributed by atoms with van der Waals surface area (Å²) in [5, 5.41) is 51.2. The number of carbonyl (C=O) groups is 9. The highest BCUT2D eigenvalue weighted by molar-refractivity contribution is 5.91. The molecule has 4 atom stereocenters. The van der Waals surface area contributed by atoms with Crippen molar-refractivity contribution < 1.29 is 78.2 Å². The first-order valence-corrected chi connectivity index (χ1v) is 13.3. The number of esters is 2. The van der Waals surface area contributed by atoms with Gasteiger partial charge in [0.25, 0.3) is 0 Å². The van der Waals surface area contributed by atoms with Crippen LogP contribution in [0.4, 0.5) is 0 Å². The Labute approximate surface area is 250 Å². The molecule has 3 amide bonds. The van der Waals surface area contributed by atoms with Crippen molar-refractivity contribution in [2.75, 3.05) is 19.8 Å². The number of carboxylic acids is 4. The number of rotatable bonds is 23. The minimum atomic E-state index is -1.69. The molecule has 44 heavy (non-hydrogen) atoms. The highest BCUT2D eigenvalue weighted by atomic mass is 16.6. The molecule has 0 aromatic carbocycles. The Hall–Kier alpha value is -4.81. The molecule has 0 aliphatic heterocycles. The van der Waals surface area contributed by atoms with E-state index in [-0.39, 0.29) is 19.6 Å². The van der Waals surface area contributed by atoms with E-state index < -0.39 is 129 Å². The number of hydrogen-bond donors (Lipinski definition) is 8. The van der Waals surface area contributed by atoms with Crippen LogP contribution in [0, 0.1) is 5.92 Å². The van der Waals surface area contributed by atoms with E-state index in [1.54, 1.807) is 0 Å². The Balaban J connectivity index is 5.36. The van der Waals surface area contributed by atoms with Gasteiger partial charge in [0.1, 0.15) is 12.1 Å². The highest BCUT2D eigenvalue weighted by Crippen LogP contribution is 2.09. The number of aliphatic hydroxyl groups excluding tert-OH is 1. The second-order valence-corrected chi connectivity index (χ2v) is 9.30. The third kappa shape index (κ3) is 17.9. The van der Waals surface area contributed by atoms with Gasteiger partial charge >= 0.3 is 35.8 Å². The molecule has 0 aromatic rings. The van der Waals surface area contributed by atoms with Crippen molar-refractivity contribution in [1.29, 1.82) is 0 Å². The van der Waals surface area contributed by atoms with Crippen molar-refractivity contribution in [2.45, 2.75) is 76.5 Å². The standard InChI is InChI=1S/C25H37N3O16/c1-13(25(42)43-10-2-9-29)44-21(36)8-5-17(30)26-12-14(22(37)28-16(24(40)41)4-7-20(34)35)11-18(31)27-15(23(38)39)3-6-19(32)33/h13-16,29H,2-12H2,1H3,(H,26,30)(H,27,31)(H,28,37)(H,32,33)(H,34,35)(H,38,39)(H,40,41). The SMILES string of the molecule is CC(OC(=O)CCC(=O)NCC(CC(=O)NC(CCC(=O)O)C(=O)O)C(=O)NC(CCC(=O)O)C(=O)O)C(=O)OCCCO. The third-order valence-corrected chi connectivity index (χ3v) is 5.63. The van der Waals surface area contributed by atoms with Crippen molar-refractivity contribution in [1.82, 2.24) is 16.0 Å². The molecule has 0 fully saturated rings. The number of aliphatic hydroxyl groups is 1. The number of hydrogen-bond acceptors (Lipinski definition) is 12. The van der Waals surface area contributed by atoms with Crippen LogP contribution < -0.4 is 16.0 Å². The van der Waals surface area contributed by atoms with Gasteiger partial charge in [-0.3, -0.25) is 28.8 Å². The third-order valence-electron chi connectivity index (χ3n) is 5.63. The first kappa shape index (κ1) is 39.2. The Morgan fingerprint density at radius 2 is 1.27 bits per heavy atom. The van der Waals surface area contributed by atoms with Crippen molar-refractivity contribution >= 4 is 53.5 Å². The summed E-state index contributed by atoms with van der Waals surface area (Å²) in [6, 6.07) is -3.33. The predicted octanol–water partition coefficient (Wildman–Crippen LogP) is -2.39. The Morgan fingerprint density at radius 1 is 0.727 bits per heavy atom. The van der Waals surface area contributed by atoms with Gasteiger partial charge in [0.2, 0.25) is 17.7 Å². The molecule has 19 nitrogen and oxygen atoms in total. The van der Waals surface area contributed by atoms with Crippen LogP contribution in [0.2, 0.25) is 0 Å². The molecule has 0 radical (unpaired) electrons. The number of carboxylic acid groups (broad SMARTS) is 4. The summed E-state index contributed by atoms with van der Waals surface area (Å²) in [6.07, 6.45) is -5.18. The quantitative estimate of drug-likeness (QED) is 0.0429. The van der Waals surface area contributed by atoms with Gasteiger partial charge < -0.3 is 51.0 Å². The number of aliphatic carboxylic acids is 4.